The molecule has 1 atom stereocenters. The van der Waals surface area contributed by atoms with Gasteiger partial charge in [-0.25, -0.2) is 4.79 Å². The Morgan fingerprint density at radius 2 is 1.60 bits per heavy atom. The largest absolute Gasteiger partial charge is 0.508 e. The van der Waals surface area contributed by atoms with Gasteiger partial charge < -0.3 is 15.2 Å². The lowest BCUT2D eigenvalue weighted by molar-refractivity contribution is -0.137. The fourth-order valence-electron chi connectivity index (χ4n) is 1.87. The molecular formula is C17H14F3NO4. The molecule has 8 heteroatoms. The Labute approximate surface area is 141 Å². The molecule has 5 nitrogen and oxygen atoms in total. The summed E-state index contributed by atoms with van der Waals surface area (Å²) in [6, 6.07) is 9.14. The normalized spacial score (nSPS) is 12.3. The highest BCUT2D eigenvalue weighted by Gasteiger charge is 2.30. The second kappa shape index (κ2) is 7.25. The van der Waals surface area contributed by atoms with Crippen LogP contribution in [0.3, 0.4) is 0 Å². The molecule has 25 heavy (non-hydrogen) atoms. The van der Waals surface area contributed by atoms with Crippen LogP contribution in [-0.4, -0.2) is 23.1 Å². The van der Waals surface area contributed by atoms with Crippen LogP contribution in [0.4, 0.5) is 18.9 Å². The first-order chi connectivity index (χ1) is 11.7. The highest BCUT2D eigenvalue weighted by molar-refractivity contribution is 5.97. The number of carbonyl (C=O) groups is 2. The lowest BCUT2D eigenvalue weighted by Crippen LogP contribution is -2.30. The molecule has 0 aromatic heterocycles. The summed E-state index contributed by atoms with van der Waals surface area (Å²) in [6.45, 7) is 1.33. The Hall–Kier alpha value is -3.03. The fourth-order valence-corrected chi connectivity index (χ4v) is 1.87. The van der Waals surface area contributed by atoms with Gasteiger partial charge in [-0.1, -0.05) is 0 Å². The number of ether oxygens (including phenoxy) is 1. The summed E-state index contributed by atoms with van der Waals surface area (Å²) in [7, 11) is 0. The number of esters is 1. The number of rotatable bonds is 4. The molecule has 2 aromatic rings. The average molecular weight is 353 g/mol. The molecule has 0 aliphatic heterocycles. The molecule has 0 saturated heterocycles. The first-order valence-electron chi connectivity index (χ1n) is 7.15. The monoisotopic (exact) mass is 353 g/mol. The first kappa shape index (κ1) is 18.3. The van der Waals surface area contributed by atoms with E-state index < -0.39 is 29.7 Å². The third-order valence-electron chi connectivity index (χ3n) is 3.24. The standard InChI is InChI=1S/C17H14F3NO4/c1-10(25-16(24)11-2-8-14(22)9-3-11)15(23)21-13-6-4-12(5-7-13)17(18,19)20/h2-10,22H,1H3,(H,21,23)/t10-/m1/s1. The molecule has 1 amide bonds. The van der Waals surface area contributed by atoms with Gasteiger partial charge in [0.15, 0.2) is 6.10 Å². The summed E-state index contributed by atoms with van der Waals surface area (Å²) in [5.74, 6) is -1.48. The maximum absolute atomic E-state index is 12.5. The number of benzene rings is 2. The van der Waals surface area contributed by atoms with Gasteiger partial charge in [0.05, 0.1) is 11.1 Å². The van der Waals surface area contributed by atoms with E-state index >= 15 is 0 Å². The van der Waals surface area contributed by atoms with E-state index in [1.54, 1.807) is 0 Å². The van der Waals surface area contributed by atoms with E-state index in [1.807, 2.05) is 0 Å². The molecule has 0 bridgehead atoms. The smallest absolute Gasteiger partial charge is 0.416 e. The van der Waals surface area contributed by atoms with Crippen molar-refractivity contribution in [3.8, 4) is 5.75 Å². The predicted octanol–water partition coefficient (Wildman–Crippen LogP) is 3.60. The van der Waals surface area contributed by atoms with E-state index in [2.05, 4.69) is 5.32 Å². The van der Waals surface area contributed by atoms with Gasteiger partial charge in [-0.2, -0.15) is 13.2 Å². The van der Waals surface area contributed by atoms with Crippen LogP contribution in [-0.2, 0) is 15.7 Å². The zero-order valence-corrected chi connectivity index (χ0v) is 13.0. The number of hydrogen-bond acceptors (Lipinski definition) is 4. The molecule has 0 saturated carbocycles. The summed E-state index contributed by atoms with van der Waals surface area (Å²) in [5.41, 5.74) is -0.546. The van der Waals surface area contributed by atoms with Gasteiger partial charge in [0.25, 0.3) is 5.91 Å². The molecule has 0 heterocycles. The Balaban J connectivity index is 1.95. The lowest BCUT2D eigenvalue weighted by Gasteiger charge is -2.14. The summed E-state index contributed by atoms with van der Waals surface area (Å²) >= 11 is 0. The zero-order valence-electron chi connectivity index (χ0n) is 13.0. The molecular weight excluding hydrogens is 339 g/mol. The third kappa shape index (κ3) is 4.97. The van der Waals surface area contributed by atoms with E-state index in [0.29, 0.717) is 0 Å². The lowest BCUT2D eigenvalue weighted by atomic mass is 10.2. The Kier molecular flexibility index (Phi) is 5.31. The van der Waals surface area contributed by atoms with Crippen molar-refractivity contribution in [2.45, 2.75) is 19.2 Å². The van der Waals surface area contributed by atoms with Gasteiger partial charge in [-0.15, -0.1) is 0 Å². The molecule has 2 aromatic carbocycles. The number of phenolic OH excluding ortho intramolecular Hbond substituents is 1. The van der Waals surface area contributed by atoms with Crippen LogP contribution >= 0.6 is 0 Å². The van der Waals surface area contributed by atoms with Crippen LogP contribution in [0, 0.1) is 0 Å². The van der Waals surface area contributed by atoms with E-state index in [1.165, 1.54) is 31.2 Å². The summed E-state index contributed by atoms with van der Waals surface area (Å²) < 4.78 is 42.4. The number of anilines is 1. The average Bonchev–Trinajstić information content (AvgIpc) is 2.55. The molecule has 2 rings (SSSR count). The van der Waals surface area contributed by atoms with Crippen molar-refractivity contribution in [2.24, 2.45) is 0 Å². The van der Waals surface area contributed by atoms with Crippen molar-refractivity contribution in [2.75, 3.05) is 5.32 Å². The second-order valence-electron chi connectivity index (χ2n) is 5.16. The van der Waals surface area contributed by atoms with Gasteiger partial charge >= 0.3 is 12.1 Å². The van der Waals surface area contributed by atoms with Gasteiger partial charge in [0, 0.05) is 5.69 Å². The molecule has 0 unspecified atom stereocenters. The van der Waals surface area contributed by atoms with Gasteiger partial charge in [0.1, 0.15) is 5.75 Å². The van der Waals surface area contributed by atoms with E-state index in [9.17, 15) is 22.8 Å². The predicted molar refractivity (Wildman–Crippen MR) is 83.1 cm³/mol. The highest BCUT2D eigenvalue weighted by atomic mass is 19.4. The topological polar surface area (TPSA) is 75.6 Å². The van der Waals surface area contributed by atoms with Crippen molar-refractivity contribution in [3.63, 3.8) is 0 Å². The van der Waals surface area contributed by atoms with Crippen molar-refractivity contribution < 1.29 is 32.6 Å². The molecule has 0 aliphatic rings. The number of nitrogens with one attached hydrogen (secondary N) is 1. The molecule has 0 radical (unpaired) electrons. The SMILES string of the molecule is C[C@@H](OC(=O)c1ccc(O)cc1)C(=O)Nc1ccc(C(F)(F)F)cc1. The highest BCUT2D eigenvalue weighted by Crippen LogP contribution is 2.29. The Bertz CT molecular complexity index is 755. The quantitative estimate of drug-likeness (QED) is 0.824. The molecule has 2 N–H and O–H groups in total. The molecule has 0 spiro atoms. The van der Waals surface area contributed by atoms with Crippen LogP contribution < -0.4 is 5.32 Å². The molecule has 132 valence electrons. The number of amides is 1. The Morgan fingerprint density at radius 1 is 1.04 bits per heavy atom. The molecule has 0 aliphatic carbocycles. The van der Waals surface area contributed by atoms with Crippen molar-refractivity contribution in [1.82, 2.24) is 0 Å². The van der Waals surface area contributed by atoms with Gasteiger partial charge in [-0.05, 0) is 55.5 Å². The summed E-state index contributed by atoms with van der Waals surface area (Å²) in [4.78, 5) is 23.8. The van der Waals surface area contributed by atoms with Crippen LogP contribution in [0.25, 0.3) is 0 Å². The van der Waals surface area contributed by atoms with Gasteiger partial charge in [-0.3, -0.25) is 4.79 Å². The van der Waals surface area contributed by atoms with E-state index in [0.717, 1.165) is 24.3 Å². The number of alkyl halides is 3. The number of phenols is 1. The maximum atomic E-state index is 12.5. The maximum Gasteiger partial charge on any atom is 0.416 e. The van der Waals surface area contributed by atoms with E-state index in [-0.39, 0.29) is 17.0 Å². The third-order valence-corrected chi connectivity index (χ3v) is 3.24. The minimum atomic E-state index is -4.46. The zero-order chi connectivity index (χ0) is 18.6. The Morgan fingerprint density at radius 3 is 2.12 bits per heavy atom. The van der Waals surface area contributed by atoms with Crippen LogP contribution in [0.2, 0.25) is 0 Å². The second-order valence-corrected chi connectivity index (χ2v) is 5.16. The van der Waals surface area contributed by atoms with Crippen LogP contribution in [0.5, 0.6) is 5.75 Å². The summed E-state index contributed by atoms with van der Waals surface area (Å²) in [5, 5.41) is 11.5. The number of halogens is 3. The minimum absolute atomic E-state index is 0.0235. The fraction of sp³-hybridized carbons (Fsp3) is 0.176. The summed E-state index contributed by atoms with van der Waals surface area (Å²) in [6.07, 6.45) is -5.63. The molecule has 0 fully saturated rings. The van der Waals surface area contributed by atoms with Crippen molar-refractivity contribution in [3.05, 3.63) is 59.7 Å². The number of carbonyl (C=O) groups excluding carboxylic acids is 2. The minimum Gasteiger partial charge on any atom is -0.508 e. The number of aromatic hydroxyl groups is 1. The van der Waals surface area contributed by atoms with Crippen molar-refractivity contribution >= 4 is 17.6 Å². The van der Waals surface area contributed by atoms with Crippen molar-refractivity contribution in [1.29, 1.82) is 0 Å². The van der Waals surface area contributed by atoms with Crippen LogP contribution in [0.1, 0.15) is 22.8 Å². The number of hydrogen-bond donors (Lipinski definition) is 2. The first-order valence-corrected chi connectivity index (χ1v) is 7.15. The van der Waals surface area contributed by atoms with Gasteiger partial charge in [0.2, 0.25) is 0 Å². The van der Waals surface area contributed by atoms with Crippen LogP contribution in [0.15, 0.2) is 48.5 Å². The van der Waals surface area contributed by atoms with E-state index in [4.69, 9.17) is 9.84 Å².